The van der Waals surface area contributed by atoms with Gasteiger partial charge in [-0.15, -0.1) is 15.3 Å². The third-order valence-corrected chi connectivity index (χ3v) is 4.64. The lowest BCUT2D eigenvalue weighted by Crippen LogP contribution is -2.36. The normalized spacial score (nSPS) is 16.3. The van der Waals surface area contributed by atoms with Crippen molar-refractivity contribution >= 4 is 11.5 Å². The molecule has 0 unspecified atom stereocenters. The lowest BCUT2D eigenvalue weighted by molar-refractivity contribution is -0.146. The number of aryl methyl sites for hydroxylation is 1. The number of morpholine rings is 1. The van der Waals surface area contributed by atoms with Crippen molar-refractivity contribution in [3.05, 3.63) is 17.0 Å². The number of alkyl halides is 3. The molecule has 0 aliphatic carbocycles. The molecular formula is C16H23F3N6O. The van der Waals surface area contributed by atoms with E-state index in [1.54, 1.807) is 6.92 Å². The molecule has 10 heteroatoms. The van der Waals surface area contributed by atoms with E-state index in [9.17, 15) is 13.2 Å². The summed E-state index contributed by atoms with van der Waals surface area (Å²) in [5.74, 6) is -0.669. The van der Waals surface area contributed by atoms with Crippen molar-refractivity contribution in [1.82, 2.24) is 24.7 Å². The van der Waals surface area contributed by atoms with Crippen LogP contribution in [-0.2, 0) is 10.9 Å². The van der Waals surface area contributed by atoms with Crippen LogP contribution in [0.2, 0.25) is 0 Å². The Labute approximate surface area is 149 Å². The standard InChI is InChI=1S/C16H23F3N6O/c1-11-12(2)14-21-22-15(16(17,18)19)25(14)23-13(11)20-5-3-4-6-24-7-9-26-10-8-24/h3-10H2,1-2H3,(H,20,23). The molecule has 0 amide bonds. The smallest absolute Gasteiger partial charge is 0.379 e. The highest BCUT2D eigenvalue weighted by atomic mass is 19.4. The molecule has 1 aliphatic heterocycles. The highest BCUT2D eigenvalue weighted by Gasteiger charge is 2.38. The first-order chi connectivity index (χ1) is 12.4. The molecule has 0 atom stereocenters. The van der Waals surface area contributed by atoms with Gasteiger partial charge in [0, 0.05) is 25.2 Å². The topological polar surface area (TPSA) is 67.6 Å². The Balaban J connectivity index is 1.63. The second-order valence-electron chi connectivity index (χ2n) is 6.44. The van der Waals surface area contributed by atoms with Crippen LogP contribution in [0.15, 0.2) is 0 Å². The van der Waals surface area contributed by atoms with Gasteiger partial charge in [0.1, 0.15) is 5.82 Å². The fourth-order valence-electron chi connectivity index (χ4n) is 2.97. The molecule has 3 heterocycles. The number of ether oxygens (including phenoxy) is 1. The molecular weight excluding hydrogens is 349 g/mol. The number of nitrogens with one attached hydrogen (secondary N) is 1. The molecule has 2 aromatic heterocycles. The van der Waals surface area contributed by atoms with Gasteiger partial charge in [-0.1, -0.05) is 0 Å². The molecule has 144 valence electrons. The Hall–Kier alpha value is -1.94. The van der Waals surface area contributed by atoms with Gasteiger partial charge < -0.3 is 10.1 Å². The van der Waals surface area contributed by atoms with Gasteiger partial charge in [0.2, 0.25) is 0 Å². The Kier molecular flexibility index (Phi) is 5.61. The second kappa shape index (κ2) is 7.75. The van der Waals surface area contributed by atoms with E-state index in [0.29, 0.717) is 17.9 Å². The molecule has 1 N–H and O–H groups in total. The maximum absolute atomic E-state index is 13.0. The number of nitrogens with zero attached hydrogens (tertiary/aromatic N) is 5. The van der Waals surface area contributed by atoms with Gasteiger partial charge in [-0.25, -0.2) is 0 Å². The van der Waals surface area contributed by atoms with E-state index in [4.69, 9.17) is 4.74 Å². The molecule has 2 aromatic rings. The van der Waals surface area contributed by atoms with Crippen molar-refractivity contribution in [2.45, 2.75) is 32.9 Å². The minimum absolute atomic E-state index is 0.132. The largest absolute Gasteiger partial charge is 0.453 e. The lowest BCUT2D eigenvalue weighted by atomic mass is 10.2. The van der Waals surface area contributed by atoms with E-state index in [1.807, 2.05) is 6.92 Å². The van der Waals surface area contributed by atoms with Crippen molar-refractivity contribution in [3.63, 3.8) is 0 Å². The van der Waals surface area contributed by atoms with Crippen LogP contribution < -0.4 is 5.32 Å². The van der Waals surface area contributed by atoms with Gasteiger partial charge in [-0.2, -0.15) is 17.7 Å². The van der Waals surface area contributed by atoms with Crippen LogP contribution in [0.5, 0.6) is 0 Å². The average Bonchev–Trinajstić information content (AvgIpc) is 3.04. The van der Waals surface area contributed by atoms with Crippen molar-refractivity contribution in [3.8, 4) is 0 Å². The molecule has 7 nitrogen and oxygen atoms in total. The van der Waals surface area contributed by atoms with E-state index in [0.717, 1.165) is 55.8 Å². The predicted octanol–water partition coefficient (Wildman–Crippen LogP) is 2.28. The highest BCUT2D eigenvalue weighted by Crippen LogP contribution is 2.29. The van der Waals surface area contributed by atoms with Gasteiger partial charge in [0.15, 0.2) is 5.65 Å². The monoisotopic (exact) mass is 372 g/mol. The first-order valence-electron chi connectivity index (χ1n) is 8.71. The molecule has 1 saturated heterocycles. The zero-order chi connectivity index (χ0) is 18.7. The Morgan fingerprint density at radius 2 is 1.81 bits per heavy atom. The van der Waals surface area contributed by atoms with Crippen LogP contribution in [0.4, 0.5) is 19.0 Å². The number of anilines is 1. The van der Waals surface area contributed by atoms with Gasteiger partial charge in [0.25, 0.3) is 5.82 Å². The quantitative estimate of drug-likeness (QED) is 0.785. The Morgan fingerprint density at radius 3 is 2.50 bits per heavy atom. The molecule has 3 rings (SSSR count). The van der Waals surface area contributed by atoms with Crippen LogP contribution in [0.1, 0.15) is 29.8 Å². The van der Waals surface area contributed by atoms with Crippen LogP contribution in [0.25, 0.3) is 5.65 Å². The summed E-state index contributed by atoms with van der Waals surface area (Å²) in [5, 5.41) is 14.1. The number of hydrogen-bond acceptors (Lipinski definition) is 6. The van der Waals surface area contributed by atoms with Crippen LogP contribution in [0, 0.1) is 13.8 Å². The summed E-state index contributed by atoms with van der Waals surface area (Å²) in [6.45, 7) is 8.66. The van der Waals surface area contributed by atoms with Gasteiger partial charge in [0.05, 0.1) is 13.2 Å². The molecule has 26 heavy (non-hydrogen) atoms. The number of halogens is 3. The zero-order valence-corrected chi connectivity index (χ0v) is 14.9. The zero-order valence-electron chi connectivity index (χ0n) is 14.9. The van der Waals surface area contributed by atoms with Crippen molar-refractivity contribution in [2.24, 2.45) is 0 Å². The number of aromatic nitrogens is 4. The molecule has 1 fully saturated rings. The van der Waals surface area contributed by atoms with Crippen LogP contribution in [-0.4, -0.2) is 64.1 Å². The number of hydrogen-bond donors (Lipinski definition) is 1. The fourth-order valence-corrected chi connectivity index (χ4v) is 2.97. The first kappa shape index (κ1) is 18.8. The van der Waals surface area contributed by atoms with Crippen molar-refractivity contribution < 1.29 is 17.9 Å². The second-order valence-corrected chi connectivity index (χ2v) is 6.44. The predicted molar refractivity (Wildman–Crippen MR) is 90.2 cm³/mol. The number of unbranched alkanes of at least 4 members (excludes halogenated alkanes) is 1. The van der Waals surface area contributed by atoms with E-state index in [-0.39, 0.29) is 5.65 Å². The van der Waals surface area contributed by atoms with Gasteiger partial charge in [-0.05, 0) is 38.8 Å². The highest BCUT2D eigenvalue weighted by molar-refractivity contribution is 5.58. The summed E-state index contributed by atoms with van der Waals surface area (Å²) in [4.78, 5) is 2.36. The third-order valence-electron chi connectivity index (χ3n) is 4.64. The van der Waals surface area contributed by atoms with E-state index >= 15 is 0 Å². The molecule has 0 saturated carbocycles. The molecule has 0 aromatic carbocycles. The first-order valence-corrected chi connectivity index (χ1v) is 8.71. The van der Waals surface area contributed by atoms with E-state index < -0.39 is 12.0 Å². The molecule has 0 bridgehead atoms. The van der Waals surface area contributed by atoms with Crippen molar-refractivity contribution in [1.29, 1.82) is 0 Å². The number of rotatable bonds is 6. The fraction of sp³-hybridized carbons (Fsp3) is 0.688. The maximum atomic E-state index is 13.0. The van der Waals surface area contributed by atoms with Crippen molar-refractivity contribution in [2.75, 3.05) is 44.7 Å². The molecule has 0 spiro atoms. The summed E-state index contributed by atoms with van der Waals surface area (Å²) in [7, 11) is 0. The SMILES string of the molecule is Cc1c(NCCCCN2CCOCC2)nn2c(C(F)(F)F)nnc2c1C. The van der Waals surface area contributed by atoms with E-state index in [1.165, 1.54) is 0 Å². The minimum atomic E-state index is -4.59. The maximum Gasteiger partial charge on any atom is 0.453 e. The Morgan fingerprint density at radius 1 is 1.08 bits per heavy atom. The third kappa shape index (κ3) is 4.07. The summed E-state index contributed by atoms with van der Waals surface area (Å²) in [6.07, 6.45) is -2.68. The number of fused-ring (bicyclic) bond motifs is 1. The van der Waals surface area contributed by atoms with Gasteiger partial charge >= 0.3 is 6.18 Å². The van der Waals surface area contributed by atoms with Crippen LogP contribution in [0.3, 0.4) is 0 Å². The average molecular weight is 372 g/mol. The molecule has 0 radical (unpaired) electrons. The lowest BCUT2D eigenvalue weighted by Gasteiger charge is -2.26. The van der Waals surface area contributed by atoms with Crippen LogP contribution >= 0.6 is 0 Å². The summed E-state index contributed by atoms with van der Waals surface area (Å²) >= 11 is 0. The van der Waals surface area contributed by atoms with E-state index in [2.05, 4.69) is 25.5 Å². The molecule has 1 aliphatic rings. The summed E-state index contributed by atoms with van der Waals surface area (Å²) in [6, 6.07) is 0. The Bertz CT molecular complexity index is 755. The summed E-state index contributed by atoms with van der Waals surface area (Å²) in [5.41, 5.74) is 1.55. The van der Waals surface area contributed by atoms with Gasteiger partial charge in [-0.3, -0.25) is 4.90 Å². The minimum Gasteiger partial charge on any atom is -0.379 e. The summed E-state index contributed by atoms with van der Waals surface area (Å²) < 4.78 is 45.2.